The maximum atomic E-state index is 11.1. The summed E-state index contributed by atoms with van der Waals surface area (Å²) in [6, 6.07) is 9.87. The Balaban J connectivity index is 2.09. The fourth-order valence-electron chi connectivity index (χ4n) is 1.25. The molecule has 0 saturated heterocycles. The lowest BCUT2D eigenvalue weighted by Crippen LogP contribution is -2.27. The molecule has 2 N–H and O–H groups in total. The average Bonchev–Trinajstić information content (AvgIpc) is 2.31. The molecule has 0 amide bonds. The Morgan fingerprint density at radius 1 is 1.31 bits per heavy atom. The predicted octanol–water partition coefficient (Wildman–Crippen LogP) is 0.354. The summed E-state index contributed by atoms with van der Waals surface area (Å²) in [6.07, 6.45) is 0.729. The third-order valence-electron chi connectivity index (χ3n) is 2.05. The molecule has 0 aliphatic carbocycles. The molecule has 0 bridgehead atoms. The molecule has 0 aromatic heterocycles. The Hall–Kier alpha value is -1.39. The first-order valence-corrected chi connectivity index (χ1v) is 5.34. The Kier molecular flexibility index (Phi) is 6.22. The molecule has 1 rings (SSSR count). The number of ether oxygens (including phenoxy) is 1. The fourth-order valence-corrected chi connectivity index (χ4v) is 1.25. The first kappa shape index (κ1) is 12.7. The molecule has 0 radical (unpaired) electrons. The summed E-state index contributed by atoms with van der Waals surface area (Å²) in [6.45, 7) is 0.976. The number of carbonyl (C=O) groups excluding carboxylic acids is 1. The molecule has 0 saturated carbocycles. The van der Waals surface area contributed by atoms with Crippen LogP contribution in [0.25, 0.3) is 0 Å². The van der Waals surface area contributed by atoms with Crippen LogP contribution in [-0.2, 0) is 16.0 Å². The van der Waals surface area contributed by atoms with Gasteiger partial charge >= 0.3 is 5.97 Å². The molecule has 4 heteroatoms. The highest BCUT2D eigenvalue weighted by atomic mass is 16.5. The monoisotopic (exact) mass is 223 g/mol. The molecular formula is C12H17NO3. The van der Waals surface area contributed by atoms with Gasteiger partial charge < -0.3 is 15.2 Å². The average molecular weight is 223 g/mol. The van der Waals surface area contributed by atoms with Crippen LogP contribution >= 0.6 is 0 Å². The molecular weight excluding hydrogens is 206 g/mol. The van der Waals surface area contributed by atoms with Gasteiger partial charge in [-0.2, -0.15) is 0 Å². The predicted molar refractivity (Wildman–Crippen MR) is 61.1 cm³/mol. The zero-order valence-corrected chi connectivity index (χ0v) is 9.19. The van der Waals surface area contributed by atoms with Crippen LogP contribution < -0.4 is 5.32 Å². The van der Waals surface area contributed by atoms with E-state index >= 15 is 0 Å². The summed E-state index contributed by atoms with van der Waals surface area (Å²) >= 11 is 0. The van der Waals surface area contributed by atoms with Crippen molar-refractivity contribution in [1.82, 2.24) is 5.32 Å². The van der Waals surface area contributed by atoms with Gasteiger partial charge in [0.05, 0.1) is 19.8 Å². The van der Waals surface area contributed by atoms with Crippen molar-refractivity contribution in [2.24, 2.45) is 0 Å². The van der Waals surface area contributed by atoms with E-state index in [0.29, 0.717) is 13.2 Å². The molecule has 1 aromatic rings. The molecule has 1 aromatic carbocycles. The fraction of sp³-hybridized carbons (Fsp3) is 0.417. The maximum absolute atomic E-state index is 11.1. The normalized spacial score (nSPS) is 10.1. The van der Waals surface area contributed by atoms with Crippen LogP contribution in [0.1, 0.15) is 5.56 Å². The zero-order chi connectivity index (χ0) is 11.6. The van der Waals surface area contributed by atoms with E-state index in [1.54, 1.807) is 0 Å². The molecule has 0 unspecified atom stereocenters. The van der Waals surface area contributed by atoms with E-state index in [1.165, 1.54) is 0 Å². The molecule has 16 heavy (non-hydrogen) atoms. The quantitative estimate of drug-likeness (QED) is 0.517. The second kappa shape index (κ2) is 7.84. The lowest BCUT2D eigenvalue weighted by Gasteiger charge is -2.05. The minimum absolute atomic E-state index is 0.0251. The highest BCUT2D eigenvalue weighted by molar-refractivity contribution is 5.71. The number of hydrogen-bond acceptors (Lipinski definition) is 4. The van der Waals surface area contributed by atoms with E-state index < -0.39 is 0 Å². The molecule has 0 spiro atoms. The van der Waals surface area contributed by atoms with Gasteiger partial charge in [-0.3, -0.25) is 4.79 Å². The molecule has 0 fully saturated rings. The minimum atomic E-state index is -0.288. The van der Waals surface area contributed by atoms with Crippen molar-refractivity contribution < 1.29 is 14.6 Å². The summed E-state index contributed by atoms with van der Waals surface area (Å²) in [5.41, 5.74) is 1.15. The van der Waals surface area contributed by atoms with Crippen LogP contribution in [0.3, 0.4) is 0 Å². The third-order valence-corrected chi connectivity index (χ3v) is 2.05. The van der Waals surface area contributed by atoms with Gasteiger partial charge in [-0.25, -0.2) is 0 Å². The van der Waals surface area contributed by atoms with Crippen molar-refractivity contribution in [2.75, 3.05) is 26.3 Å². The van der Waals surface area contributed by atoms with Gasteiger partial charge in [0.25, 0.3) is 0 Å². The van der Waals surface area contributed by atoms with Crippen molar-refractivity contribution in [3.63, 3.8) is 0 Å². The Morgan fingerprint density at radius 2 is 2.06 bits per heavy atom. The third kappa shape index (κ3) is 5.48. The highest BCUT2D eigenvalue weighted by Crippen LogP contribution is 1.99. The number of benzene rings is 1. The summed E-state index contributed by atoms with van der Waals surface area (Å²) in [5.74, 6) is -0.288. The van der Waals surface area contributed by atoms with Gasteiger partial charge in [0.1, 0.15) is 0 Å². The van der Waals surface area contributed by atoms with E-state index in [4.69, 9.17) is 9.84 Å². The number of rotatable bonds is 7. The molecule has 0 heterocycles. The Labute approximate surface area is 95.2 Å². The Morgan fingerprint density at radius 3 is 2.75 bits per heavy atom. The molecule has 0 aliphatic rings. The first-order valence-electron chi connectivity index (χ1n) is 5.34. The lowest BCUT2D eigenvalue weighted by atomic mass is 10.2. The van der Waals surface area contributed by atoms with Crippen molar-refractivity contribution in [3.8, 4) is 0 Å². The topological polar surface area (TPSA) is 58.6 Å². The largest absolute Gasteiger partial charge is 0.464 e. The Bertz CT molecular complexity index is 300. The van der Waals surface area contributed by atoms with E-state index in [1.807, 2.05) is 30.3 Å². The van der Waals surface area contributed by atoms with Crippen LogP contribution in [0.5, 0.6) is 0 Å². The van der Waals surface area contributed by atoms with E-state index in [9.17, 15) is 4.79 Å². The van der Waals surface area contributed by atoms with Crippen LogP contribution in [0.2, 0.25) is 0 Å². The second-order valence-corrected chi connectivity index (χ2v) is 3.36. The number of nitrogens with one attached hydrogen (secondary N) is 1. The minimum Gasteiger partial charge on any atom is -0.464 e. The van der Waals surface area contributed by atoms with Crippen LogP contribution in [0, 0.1) is 0 Å². The van der Waals surface area contributed by atoms with E-state index in [0.717, 1.165) is 12.0 Å². The van der Waals surface area contributed by atoms with Gasteiger partial charge in [-0.05, 0) is 5.56 Å². The smallest absolute Gasteiger partial charge is 0.319 e. The number of hydrogen-bond donors (Lipinski definition) is 2. The molecule has 4 nitrogen and oxygen atoms in total. The van der Waals surface area contributed by atoms with Crippen LogP contribution in [-0.4, -0.2) is 37.4 Å². The van der Waals surface area contributed by atoms with Crippen molar-refractivity contribution >= 4 is 5.97 Å². The van der Waals surface area contributed by atoms with Gasteiger partial charge in [0, 0.05) is 13.0 Å². The summed E-state index contributed by atoms with van der Waals surface area (Å²) in [7, 11) is 0. The lowest BCUT2D eigenvalue weighted by molar-refractivity contribution is -0.142. The number of aliphatic hydroxyl groups is 1. The van der Waals surface area contributed by atoms with Gasteiger partial charge in [0.15, 0.2) is 0 Å². The number of carbonyl (C=O) groups is 1. The number of esters is 1. The maximum Gasteiger partial charge on any atom is 0.319 e. The van der Waals surface area contributed by atoms with E-state index in [2.05, 4.69) is 5.32 Å². The summed E-state index contributed by atoms with van der Waals surface area (Å²) in [4.78, 5) is 11.1. The summed E-state index contributed by atoms with van der Waals surface area (Å²) < 4.78 is 5.01. The van der Waals surface area contributed by atoms with Gasteiger partial charge in [-0.1, -0.05) is 30.3 Å². The van der Waals surface area contributed by atoms with Crippen molar-refractivity contribution in [3.05, 3.63) is 35.9 Å². The van der Waals surface area contributed by atoms with Gasteiger partial charge in [-0.15, -0.1) is 0 Å². The van der Waals surface area contributed by atoms with Gasteiger partial charge in [0.2, 0.25) is 0 Å². The summed E-state index contributed by atoms with van der Waals surface area (Å²) in [5, 5.41) is 11.2. The zero-order valence-electron chi connectivity index (χ0n) is 9.19. The standard InChI is InChI=1S/C12H17NO3/c14-8-7-13-10-12(15)16-9-6-11-4-2-1-3-5-11/h1-5,13-14H,6-10H2. The van der Waals surface area contributed by atoms with Crippen LogP contribution in [0.15, 0.2) is 30.3 Å². The van der Waals surface area contributed by atoms with Crippen molar-refractivity contribution in [2.45, 2.75) is 6.42 Å². The highest BCUT2D eigenvalue weighted by Gasteiger charge is 2.01. The first-order chi connectivity index (χ1) is 7.83. The second-order valence-electron chi connectivity index (χ2n) is 3.36. The van der Waals surface area contributed by atoms with E-state index in [-0.39, 0.29) is 19.1 Å². The van der Waals surface area contributed by atoms with Crippen molar-refractivity contribution in [1.29, 1.82) is 0 Å². The molecule has 0 aliphatic heterocycles. The SMILES string of the molecule is O=C(CNCCO)OCCc1ccccc1. The van der Waals surface area contributed by atoms with Crippen LogP contribution in [0.4, 0.5) is 0 Å². The number of aliphatic hydroxyl groups excluding tert-OH is 1. The molecule has 88 valence electrons. The molecule has 0 atom stereocenters.